The molecule has 1 atom stereocenters. The summed E-state index contributed by atoms with van der Waals surface area (Å²) >= 11 is 6.25. The summed E-state index contributed by atoms with van der Waals surface area (Å²) < 4.78 is 0. The van der Waals surface area contributed by atoms with Gasteiger partial charge in [0, 0.05) is 22.5 Å². The molecular weight excluding hydrogens is 246 g/mol. The van der Waals surface area contributed by atoms with Gasteiger partial charge >= 0.3 is 0 Å². The van der Waals surface area contributed by atoms with Gasteiger partial charge in [0.25, 0.3) is 0 Å². The largest absolute Gasteiger partial charge is 0.385 e. The fourth-order valence-electron chi connectivity index (χ4n) is 3.26. The zero-order chi connectivity index (χ0) is 13.2. The van der Waals surface area contributed by atoms with E-state index in [0.717, 1.165) is 31.2 Å². The van der Waals surface area contributed by atoms with Crippen molar-refractivity contribution in [3.8, 4) is 0 Å². The van der Waals surface area contributed by atoms with Crippen LogP contribution < -0.4 is 5.73 Å². The van der Waals surface area contributed by atoms with Gasteiger partial charge in [0.2, 0.25) is 0 Å². The van der Waals surface area contributed by atoms with Gasteiger partial charge in [-0.3, -0.25) is 0 Å². The first-order valence-corrected chi connectivity index (χ1v) is 7.09. The summed E-state index contributed by atoms with van der Waals surface area (Å²) in [5, 5.41) is 11.7. The molecule has 1 unspecified atom stereocenters. The zero-order valence-corrected chi connectivity index (χ0v) is 11.7. The Morgan fingerprint density at radius 2 is 1.89 bits per heavy atom. The predicted octanol–water partition coefficient (Wildman–Crippen LogP) is 3.46. The molecular formula is C15H22ClNO. The molecule has 0 heterocycles. The van der Waals surface area contributed by atoms with Crippen LogP contribution >= 0.6 is 11.6 Å². The van der Waals surface area contributed by atoms with Gasteiger partial charge in [0.05, 0.1) is 5.60 Å². The molecule has 0 saturated heterocycles. The molecule has 1 aromatic carbocycles. The van der Waals surface area contributed by atoms with E-state index in [0.29, 0.717) is 11.6 Å². The first-order chi connectivity index (χ1) is 8.53. The van der Waals surface area contributed by atoms with E-state index in [1.165, 1.54) is 6.42 Å². The lowest BCUT2D eigenvalue weighted by Crippen LogP contribution is -2.49. The number of nitrogens with two attached hydrogens (primary N) is 1. The van der Waals surface area contributed by atoms with Gasteiger partial charge in [0.15, 0.2) is 0 Å². The van der Waals surface area contributed by atoms with Crippen molar-refractivity contribution < 1.29 is 5.11 Å². The van der Waals surface area contributed by atoms with Crippen molar-refractivity contribution in [1.29, 1.82) is 0 Å². The van der Waals surface area contributed by atoms with Gasteiger partial charge in [-0.1, -0.05) is 49.1 Å². The van der Waals surface area contributed by atoms with Gasteiger partial charge in [-0.05, 0) is 25.8 Å². The average molecular weight is 268 g/mol. The molecule has 0 bridgehead atoms. The van der Waals surface area contributed by atoms with E-state index in [9.17, 15) is 5.11 Å². The van der Waals surface area contributed by atoms with Crippen LogP contribution in [0.3, 0.4) is 0 Å². The maximum absolute atomic E-state index is 11.1. The molecule has 3 N–H and O–H groups in total. The Morgan fingerprint density at radius 1 is 1.28 bits per heavy atom. The summed E-state index contributed by atoms with van der Waals surface area (Å²) in [7, 11) is 0. The Morgan fingerprint density at radius 3 is 2.44 bits per heavy atom. The lowest BCUT2D eigenvalue weighted by atomic mass is 9.61. The normalized spacial score (nSPS) is 22.4. The minimum Gasteiger partial charge on any atom is -0.385 e. The quantitative estimate of drug-likeness (QED) is 0.881. The third kappa shape index (κ3) is 2.18. The van der Waals surface area contributed by atoms with E-state index in [1.54, 1.807) is 0 Å². The van der Waals surface area contributed by atoms with Gasteiger partial charge in [-0.15, -0.1) is 0 Å². The highest BCUT2D eigenvalue weighted by Gasteiger charge is 2.48. The molecule has 18 heavy (non-hydrogen) atoms. The number of hydrogen-bond acceptors (Lipinski definition) is 2. The Kier molecular flexibility index (Phi) is 4.00. The van der Waals surface area contributed by atoms with Crippen LogP contribution in [0.25, 0.3) is 0 Å². The SMILES string of the molecule is CC(O)(c1ccccc1Cl)C1(CN)CCCCC1. The summed E-state index contributed by atoms with van der Waals surface area (Å²) in [5.74, 6) is 0. The molecule has 2 nitrogen and oxygen atoms in total. The van der Waals surface area contributed by atoms with Crippen molar-refractivity contribution >= 4 is 11.6 Å². The van der Waals surface area contributed by atoms with Crippen molar-refractivity contribution in [1.82, 2.24) is 0 Å². The van der Waals surface area contributed by atoms with Gasteiger partial charge in [0.1, 0.15) is 0 Å². The third-order valence-corrected chi connectivity index (χ3v) is 4.96. The summed E-state index contributed by atoms with van der Waals surface area (Å²) in [5.41, 5.74) is 5.62. The molecule has 1 aliphatic carbocycles. The van der Waals surface area contributed by atoms with Crippen LogP contribution in [0.15, 0.2) is 24.3 Å². The Labute approximate surface area is 114 Å². The van der Waals surface area contributed by atoms with E-state index in [2.05, 4.69) is 0 Å². The Hall–Kier alpha value is -0.570. The number of benzene rings is 1. The predicted molar refractivity (Wildman–Crippen MR) is 75.6 cm³/mol. The van der Waals surface area contributed by atoms with Crippen LogP contribution in [-0.2, 0) is 5.60 Å². The molecule has 0 spiro atoms. The van der Waals surface area contributed by atoms with Crippen molar-refractivity contribution in [3.05, 3.63) is 34.9 Å². The summed E-state index contributed by atoms with van der Waals surface area (Å²) in [6.45, 7) is 2.37. The van der Waals surface area contributed by atoms with Crippen LogP contribution in [0.5, 0.6) is 0 Å². The maximum atomic E-state index is 11.1. The minimum absolute atomic E-state index is 0.240. The molecule has 0 aromatic heterocycles. The average Bonchev–Trinajstić information content (AvgIpc) is 2.39. The van der Waals surface area contributed by atoms with E-state index < -0.39 is 5.60 Å². The monoisotopic (exact) mass is 267 g/mol. The second-order valence-electron chi connectivity index (χ2n) is 5.60. The lowest BCUT2D eigenvalue weighted by molar-refractivity contribution is -0.0918. The zero-order valence-electron chi connectivity index (χ0n) is 11.0. The van der Waals surface area contributed by atoms with Crippen LogP contribution in [0, 0.1) is 5.41 Å². The molecule has 1 fully saturated rings. The molecule has 100 valence electrons. The molecule has 1 aromatic rings. The second-order valence-corrected chi connectivity index (χ2v) is 6.00. The molecule has 0 amide bonds. The van der Waals surface area contributed by atoms with Crippen LogP contribution in [0.4, 0.5) is 0 Å². The fraction of sp³-hybridized carbons (Fsp3) is 0.600. The minimum atomic E-state index is -0.958. The van der Waals surface area contributed by atoms with Crippen LogP contribution in [0.2, 0.25) is 5.02 Å². The van der Waals surface area contributed by atoms with Gasteiger partial charge in [-0.2, -0.15) is 0 Å². The number of halogens is 1. The molecule has 3 heteroatoms. The number of hydrogen-bond donors (Lipinski definition) is 2. The Balaban J connectivity index is 2.42. The molecule has 0 aliphatic heterocycles. The standard InChI is InChI=1S/C15H22ClNO/c1-14(18,12-7-3-4-8-13(12)16)15(11-17)9-5-2-6-10-15/h3-4,7-8,18H,2,5-6,9-11,17H2,1H3. The highest BCUT2D eigenvalue weighted by Crippen LogP contribution is 2.50. The van der Waals surface area contributed by atoms with Crippen molar-refractivity contribution in [2.24, 2.45) is 11.1 Å². The van der Waals surface area contributed by atoms with E-state index >= 15 is 0 Å². The van der Waals surface area contributed by atoms with Crippen molar-refractivity contribution in [2.75, 3.05) is 6.54 Å². The molecule has 0 radical (unpaired) electrons. The first-order valence-electron chi connectivity index (χ1n) is 6.71. The van der Waals surface area contributed by atoms with Crippen molar-refractivity contribution in [3.63, 3.8) is 0 Å². The number of rotatable bonds is 3. The second kappa shape index (κ2) is 5.20. The number of aliphatic hydroxyl groups is 1. The van der Waals surface area contributed by atoms with E-state index in [4.69, 9.17) is 17.3 Å². The van der Waals surface area contributed by atoms with Gasteiger partial charge in [-0.25, -0.2) is 0 Å². The lowest BCUT2D eigenvalue weighted by Gasteiger charge is -2.48. The smallest absolute Gasteiger partial charge is 0.0950 e. The molecule has 2 rings (SSSR count). The van der Waals surface area contributed by atoms with Gasteiger partial charge < -0.3 is 10.8 Å². The topological polar surface area (TPSA) is 46.2 Å². The first kappa shape index (κ1) is 13.9. The Bertz CT molecular complexity index is 411. The van der Waals surface area contributed by atoms with E-state index in [-0.39, 0.29) is 5.41 Å². The highest BCUT2D eigenvalue weighted by molar-refractivity contribution is 6.31. The highest BCUT2D eigenvalue weighted by atomic mass is 35.5. The molecule has 1 aliphatic rings. The summed E-state index contributed by atoms with van der Waals surface area (Å²) in [6, 6.07) is 7.55. The maximum Gasteiger partial charge on any atom is 0.0950 e. The van der Waals surface area contributed by atoms with Crippen LogP contribution in [0.1, 0.15) is 44.6 Å². The van der Waals surface area contributed by atoms with Crippen molar-refractivity contribution in [2.45, 2.75) is 44.6 Å². The fourth-order valence-corrected chi connectivity index (χ4v) is 3.58. The third-order valence-electron chi connectivity index (χ3n) is 4.63. The molecule has 1 saturated carbocycles. The summed E-state index contributed by atoms with van der Waals surface area (Å²) in [4.78, 5) is 0. The van der Waals surface area contributed by atoms with Crippen LogP contribution in [-0.4, -0.2) is 11.7 Å². The van der Waals surface area contributed by atoms with E-state index in [1.807, 2.05) is 31.2 Å². The summed E-state index contributed by atoms with van der Waals surface area (Å²) in [6.07, 6.45) is 5.46.